The van der Waals surface area contributed by atoms with Crippen LogP contribution in [0, 0.1) is 20.8 Å². The highest BCUT2D eigenvalue weighted by molar-refractivity contribution is 6.46. The van der Waals surface area contributed by atoms with Crippen LogP contribution in [0.5, 0.6) is 11.5 Å². The van der Waals surface area contributed by atoms with Crippen LogP contribution in [0.1, 0.15) is 39.8 Å². The van der Waals surface area contributed by atoms with Crippen LogP contribution in [-0.4, -0.2) is 35.9 Å². The molecule has 0 bridgehead atoms. The molecule has 1 fully saturated rings. The van der Waals surface area contributed by atoms with Crippen molar-refractivity contribution in [3.8, 4) is 11.5 Å². The molecule has 1 amide bonds. The van der Waals surface area contributed by atoms with Crippen LogP contribution in [0.4, 0.5) is 0 Å². The lowest BCUT2D eigenvalue weighted by atomic mass is 9.96. The van der Waals surface area contributed by atoms with Crippen molar-refractivity contribution in [3.63, 3.8) is 0 Å². The SMILES string of the molecule is COc1ccc(CN2C(=O)C(=O)/C(=C(/O)c3cc(C)cc(C)c3OC)C2c2ccc(C)o2)cc1. The average molecular weight is 462 g/mol. The molecule has 34 heavy (non-hydrogen) atoms. The molecule has 1 aromatic heterocycles. The first-order valence-corrected chi connectivity index (χ1v) is 10.9. The number of furan rings is 1. The van der Waals surface area contributed by atoms with E-state index in [9.17, 15) is 14.7 Å². The summed E-state index contributed by atoms with van der Waals surface area (Å²) in [5, 5.41) is 11.4. The quantitative estimate of drug-likeness (QED) is 0.321. The Morgan fingerprint density at radius 2 is 1.71 bits per heavy atom. The number of aryl methyl sites for hydroxylation is 3. The van der Waals surface area contributed by atoms with Crippen molar-refractivity contribution in [2.24, 2.45) is 0 Å². The fraction of sp³-hybridized carbons (Fsp3) is 0.259. The lowest BCUT2D eigenvalue weighted by molar-refractivity contribution is -0.140. The summed E-state index contributed by atoms with van der Waals surface area (Å²) in [5.74, 6) is 0.387. The molecule has 1 aliphatic heterocycles. The van der Waals surface area contributed by atoms with Crippen LogP contribution in [0.15, 0.2) is 58.5 Å². The topological polar surface area (TPSA) is 89.2 Å². The van der Waals surface area contributed by atoms with E-state index in [0.29, 0.717) is 28.6 Å². The summed E-state index contributed by atoms with van der Waals surface area (Å²) in [7, 11) is 3.08. The Bertz CT molecular complexity index is 1280. The molecule has 0 aliphatic carbocycles. The molecule has 0 saturated carbocycles. The maximum atomic E-state index is 13.3. The van der Waals surface area contributed by atoms with Crippen molar-refractivity contribution in [1.82, 2.24) is 4.90 Å². The normalized spacial score (nSPS) is 17.3. The summed E-state index contributed by atoms with van der Waals surface area (Å²) in [6, 6.07) is 13.5. The molecule has 1 saturated heterocycles. The molecule has 0 spiro atoms. The van der Waals surface area contributed by atoms with Crippen LogP contribution in [0.2, 0.25) is 0 Å². The van der Waals surface area contributed by atoms with Crippen molar-refractivity contribution in [2.75, 3.05) is 14.2 Å². The molecule has 0 radical (unpaired) electrons. The summed E-state index contributed by atoms with van der Waals surface area (Å²) >= 11 is 0. The van der Waals surface area contributed by atoms with E-state index >= 15 is 0 Å². The number of ketones is 1. The van der Waals surface area contributed by atoms with E-state index in [1.165, 1.54) is 12.0 Å². The fourth-order valence-electron chi connectivity index (χ4n) is 4.41. The van der Waals surface area contributed by atoms with Crippen molar-refractivity contribution < 1.29 is 28.6 Å². The van der Waals surface area contributed by atoms with E-state index in [4.69, 9.17) is 13.9 Å². The standard InChI is InChI=1S/C27H27NO6/c1-15-12-16(2)26(33-5)20(13-15)24(29)22-23(21-11-6-17(3)34-21)28(27(31)25(22)30)14-18-7-9-19(32-4)10-8-18/h6-13,23,29H,14H2,1-5H3/b24-22+. The van der Waals surface area contributed by atoms with E-state index in [0.717, 1.165) is 16.7 Å². The van der Waals surface area contributed by atoms with Gasteiger partial charge in [0, 0.05) is 6.54 Å². The number of ether oxygens (including phenoxy) is 2. The zero-order valence-corrected chi connectivity index (χ0v) is 19.8. The second-order valence-electron chi connectivity index (χ2n) is 8.39. The molecule has 2 heterocycles. The minimum Gasteiger partial charge on any atom is -0.507 e. The van der Waals surface area contributed by atoms with Crippen molar-refractivity contribution in [3.05, 3.63) is 87.9 Å². The molecule has 1 atom stereocenters. The Hall–Kier alpha value is -4.00. The zero-order valence-electron chi connectivity index (χ0n) is 19.8. The second kappa shape index (κ2) is 9.09. The Balaban J connectivity index is 1.88. The highest BCUT2D eigenvalue weighted by Gasteiger charge is 2.47. The van der Waals surface area contributed by atoms with Gasteiger partial charge < -0.3 is 23.9 Å². The van der Waals surface area contributed by atoms with E-state index in [2.05, 4.69) is 0 Å². The third-order valence-electron chi connectivity index (χ3n) is 5.96. The summed E-state index contributed by atoms with van der Waals surface area (Å²) in [6.45, 7) is 5.68. The van der Waals surface area contributed by atoms with Gasteiger partial charge in [0.2, 0.25) is 0 Å². The molecule has 7 nitrogen and oxygen atoms in total. The van der Waals surface area contributed by atoms with Gasteiger partial charge in [-0.1, -0.05) is 18.2 Å². The number of nitrogens with zero attached hydrogens (tertiary/aromatic N) is 1. The van der Waals surface area contributed by atoms with E-state index < -0.39 is 17.7 Å². The number of hydrogen-bond donors (Lipinski definition) is 1. The minimum atomic E-state index is -0.888. The first-order chi connectivity index (χ1) is 16.2. The summed E-state index contributed by atoms with van der Waals surface area (Å²) < 4.78 is 16.6. The number of aliphatic hydroxyl groups excluding tert-OH is 1. The van der Waals surface area contributed by atoms with Gasteiger partial charge in [-0.25, -0.2) is 0 Å². The molecule has 1 N–H and O–H groups in total. The molecule has 7 heteroatoms. The van der Waals surface area contributed by atoms with Gasteiger partial charge in [0.1, 0.15) is 34.8 Å². The number of aliphatic hydroxyl groups is 1. The zero-order chi connectivity index (χ0) is 24.6. The van der Waals surface area contributed by atoms with Gasteiger partial charge in [-0.15, -0.1) is 0 Å². The highest BCUT2D eigenvalue weighted by atomic mass is 16.5. The number of carbonyl (C=O) groups is 2. The number of Topliss-reactive ketones (excluding diaryl/α,β-unsaturated/α-hetero) is 1. The molecular formula is C27H27NO6. The van der Waals surface area contributed by atoms with Gasteiger partial charge in [-0.05, 0) is 67.8 Å². The van der Waals surface area contributed by atoms with Crippen LogP contribution in [0.25, 0.3) is 5.76 Å². The molecule has 4 rings (SSSR count). The van der Waals surface area contributed by atoms with Crippen LogP contribution in [0.3, 0.4) is 0 Å². The lowest BCUT2D eigenvalue weighted by Crippen LogP contribution is -2.29. The van der Waals surface area contributed by atoms with Crippen molar-refractivity contribution in [2.45, 2.75) is 33.4 Å². The third-order valence-corrected chi connectivity index (χ3v) is 5.96. The summed E-state index contributed by atoms with van der Waals surface area (Å²) in [6.07, 6.45) is 0. The Kier molecular flexibility index (Phi) is 6.20. The Labute approximate surface area is 198 Å². The van der Waals surface area contributed by atoms with Gasteiger partial charge in [-0.2, -0.15) is 0 Å². The van der Waals surface area contributed by atoms with E-state index in [-0.39, 0.29) is 17.9 Å². The number of methoxy groups -OCH3 is 2. The van der Waals surface area contributed by atoms with Gasteiger partial charge in [-0.3, -0.25) is 9.59 Å². The first-order valence-electron chi connectivity index (χ1n) is 10.9. The minimum absolute atomic E-state index is 0.0313. The Morgan fingerprint density at radius 1 is 1.00 bits per heavy atom. The van der Waals surface area contributed by atoms with Crippen molar-refractivity contribution >= 4 is 17.4 Å². The largest absolute Gasteiger partial charge is 0.507 e. The maximum Gasteiger partial charge on any atom is 0.296 e. The summed E-state index contributed by atoms with van der Waals surface area (Å²) in [5.41, 5.74) is 2.83. The van der Waals surface area contributed by atoms with Crippen LogP contribution in [-0.2, 0) is 16.1 Å². The molecule has 176 valence electrons. The molecule has 1 aliphatic rings. The van der Waals surface area contributed by atoms with Gasteiger partial charge in [0.15, 0.2) is 0 Å². The fourth-order valence-corrected chi connectivity index (χ4v) is 4.41. The molecular weight excluding hydrogens is 434 g/mol. The monoisotopic (exact) mass is 461 g/mol. The number of likely N-dealkylation sites (tertiary alicyclic amines) is 1. The predicted molar refractivity (Wildman–Crippen MR) is 127 cm³/mol. The average Bonchev–Trinajstić information content (AvgIpc) is 3.35. The predicted octanol–water partition coefficient (Wildman–Crippen LogP) is 4.84. The third kappa shape index (κ3) is 4.05. The highest BCUT2D eigenvalue weighted by Crippen LogP contribution is 2.43. The number of rotatable bonds is 6. The Morgan fingerprint density at radius 3 is 2.29 bits per heavy atom. The van der Waals surface area contributed by atoms with Crippen LogP contribution >= 0.6 is 0 Å². The van der Waals surface area contributed by atoms with E-state index in [1.54, 1.807) is 44.4 Å². The maximum absolute atomic E-state index is 13.3. The lowest BCUT2D eigenvalue weighted by Gasteiger charge is -2.24. The van der Waals surface area contributed by atoms with Crippen molar-refractivity contribution in [1.29, 1.82) is 0 Å². The second-order valence-corrected chi connectivity index (χ2v) is 8.39. The van der Waals surface area contributed by atoms with Crippen LogP contribution < -0.4 is 9.47 Å². The van der Waals surface area contributed by atoms with E-state index in [1.807, 2.05) is 32.0 Å². The number of carbonyl (C=O) groups excluding carboxylic acids is 2. The molecule has 1 unspecified atom stereocenters. The molecule has 2 aromatic carbocycles. The smallest absolute Gasteiger partial charge is 0.296 e. The molecule has 3 aromatic rings. The number of benzene rings is 2. The van der Waals surface area contributed by atoms with Gasteiger partial charge >= 0.3 is 0 Å². The van der Waals surface area contributed by atoms with Gasteiger partial charge in [0.25, 0.3) is 11.7 Å². The summed E-state index contributed by atoms with van der Waals surface area (Å²) in [4.78, 5) is 27.9. The first kappa shape index (κ1) is 23.2. The number of amides is 1. The van der Waals surface area contributed by atoms with Gasteiger partial charge in [0.05, 0.1) is 25.4 Å². The number of hydrogen-bond acceptors (Lipinski definition) is 6.